The van der Waals surface area contributed by atoms with E-state index >= 15 is 0 Å². The summed E-state index contributed by atoms with van der Waals surface area (Å²) in [4.78, 5) is 13.9. The Morgan fingerprint density at radius 2 is 1.75 bits per heavy atom. The summed E-state index contributed by atoms with van der Waals surface area (Å²) in [5.41, 5.74) is 0.810. The summed E-state index contributed by atoms with van der Waals surface area (Å²) in [6, 6.07) is 5.19. The number of ether oxygens (including phenoxy) is 1. The predicted molar refractivity (Wildman–Crippen MR) is 82.1 cm³/mol. The summed E-state index contributed by atoms with van der Waals surface area (Å²) in [7, 11) is 0. The van der Waals surface area contributed by atoms with Crippen molar-refractivity contribution in [1.82, 2.24) is 4.90 Å². The van der Waals surface area contributed by atoms with Gasteiger partial charge in [-0.1, -0.05) is 23.2 Å². The Kier molecular flexibility index (Phi) is 5.08. The van der Waals surface area contributed by atoms with Gasteiger partial charge in [0.2, 0.25) is 5.91 Å². The topological polar surface area (TPSA) is 29.5 Å². The molecule has 5 heteroatoms. The molecule has 1 heterocycles. The number of carbonyl (C=O) groups excluding carboxylic acids is 1. The van der Waals surface area contributed by atoms with Crippen LogP contribution in [0.15, 0.2) is 24.3 Å². The Labute approximate surface area is 129 Å². The second-order valence-corrected chi connectivity index (χ2v) is 5.91. The van der Waals surface area contributed by atoms with E-state index in [1.54, 1.807) is 35.3 Å². The van der Waals surface area contributed by atoms with E-state index in [0.717, 1.165) is 5.56 Å². The summed E-state index contributed by atoms with van der Waals surface area (Å²) >= 11 is 11.8. The lowest BCUT2D eigenvalue weighted by Gasteiger charge is -2.34. The highest BCUT2D eigenvalue weighted by molar-refractivity contribution is 6.34. The molecule has 0 aliphatic carbocycles. The van der Waals surface area contributed by atoms with Gasteiger partial charge in [-0.2, -0.15) is 0 Å². The molecule has 0 bridgehead atoms. The fourth-order valence-corrected chi connectivity index (χ4v) is 2.85. The minimum atomic E-state index is -0.0249. The van der Waals surface area contributed by atoms with E-state index in [4.69, 9.17) is 27.9 Å². The van der Waals surface area contributed by atoms with Crippen LogP contribution in [0.4, 0.5) is 0 Å². The highest BCUT2D eigenvalue weighted by Gasteiger charge is 2.24. The minimum absolute atomic E-state index is 0.0249. The van der Waals surface area contributed by atoms with E-state index in [0.29, 0.717) is 23.1 Å². The Balaban J connectivity index is 2.05. The lowest BCUT2D eigenvalue weighted by Crippen LogP contribution is -2.47. The number of benzene rings is 1. The predicted octanol–water partition coefficient (Wildman–Crippen LogP) is 3.64. The van der Waals surface area contributed by atoms with Crippen LogP contribution in [0.25, 0.3) is 6.08 Å². The summed E-state index contributed by atoms with van der Waals surface area (Å²) in [5.74, 6) is -0.0249. The molecule has 108 valence electrons. The van der Waals surface area contributed by atoms with Gasteiger partial charge in [-0.3, -0.25) is 4.79 Å². The van der Waals surface area contributed by atoms with Crippen molar-refractivity contribution in [2.75, 3.05) is 13.1 Å². The van der Waals surface area contributed by atoms with Crippen LogP contribution >= 0.6 is 23.2 Å². The average Bonchev–Trinajstić information content (AvgIpc) is 2.33. The first-order valence-electron chi connectivity index (χ1n) is 6.52. The Hall–Kier alpha value is -1.03. The summed E-state index contributed by atoms with van der Waals surface area (Å²) in [6.07, 6.45) is 3.41. The second kappa shape index (κ2) is 6.61. The van der Waals surface area contributed by atoms with Gasteiger partial charge in [0.15, 0.2) is 0 Å². The van der Waals surface area contributed by atoms with E-state index in [1.165, 1.54) is 0 Å². The number of hydrogen-bond donors (Lipinski definition) is 0. The van der Waals surface area contributed by atoms with Crippen LogP contribution in [0.2, 0.25) is 10.0 Å². The molecule has 20 heavy (non-hydrogen) atoms. The number of carbonyl (C=O) groups is 1. The molecule has 0 spiro atoms. The van der Waals surface area contributed by atoms with E-state index in [-0.39, 0.29) is 18.1 Å². The molecule has 0 radical (unpaired) electrons. The molecule has 1 aromatic rings. The number of nitrogens with zero attached hydrogens (tertiary/aromatic N) is 1. The van der Waals surface area contributed by atoms with Crippen LogP contribution in [0.5, 0.6) is 0 Å². The fourth-order valence-electron chi connectivity index (χ4n) is 2.30. The molecule has 2 atom stereocenters. The second-order valence-electron chi connectivity index (χ2n) is 5.04. The standard InChI is InChI=1S/C15H17Cl2NO2/c1-10-8-18(9-11(2)20-10)15(19)4-3-12-5-13(16)7-14(17)6-12/h3-7,10-11H,8-9H2,1-2H3/b4-3+. The fraction of sp³-hybridized carbons (Fsp3) is 0.400. The molecule has 0 saturated carbocycles. The summed E-state index contributed by atoms with van der Waals surface area (Å²) in [5, 5.41) is 1.11. The van der Waals surface area contributed by atoms with Crippen LogP contribution in [0.3, 0.4) is 0 Å². The third kappa shape index (κ3) is 4.23. The lowest BCUT2D eigenvalue weighted by atomic mass is 10.2. The number of hydrogen-bond acceptors (Lipinski definition) is 2. The zero-order chi connectivity index (χ0) is 14.7. The van der Waals surface area contributed by atoms with Crippen LogP contribution in [-0.2, 0) is 9.53 Å². The van der Waals surface area contributed by atoms with Gasteiger partial charge < -0.3 is 9.64 Å². The van der Waals surface area contributed by atoms with E-state index in [1.807, 2.05) is 13.8 Å². The largest absolute Gasteiger partial charge is 0.372 e. The highest BCUT2D eigenvalue weighted by Crippen LogP contribution is 2.20. The molecular formula is C15H17Cl2NO2. The van der Waals surface area contributed by atoms with Crippen molar-refractivity contribution in [2.24, 2.45) is 0 Å². The van der Waals surface area contributed by atoms with Crippen molar-refractivity contribution >= 4 is 35.2 Å². The van der Waals surface area contributed by atoms with Gasteiger partial charge in [0.1, 0.15) is 0 Å². The molecule has 0 aromatic heterocycles. The highest BCUT2D eigenvalue weighted by atomic mass is 35.5. The van der Waals surface area contributed by atoms with Gasteiger partial charge in [0.05, 0.1) is 12.2 Å². The minimum Gasteiger partial charge on any atom is -0.372 e. The Morgan fingerprint density at radius 1 is 1.20 bits per heavy atom. The molecule has 3 nitrogen and oxygen atoms in total. The first kappa shape index (κ1) is 15.4. The normalized spacial score (nSPS) is 23.3. The molecule has 1 amide bonds. The average molecular weight is 314 g/mol. The zero-order valence-corrected chi connectivity index (χ0v) is 13.0. The van der Waals surface area contributed by atoms with Gasteiger partial charge in [-0.05, 0) is 43.7 Å². The van der Waals surface area contributed by atoms with Gasteiger partial charge >= 0.3 is 0 Å². The quantitative estimate of drug-likeness (QED) is 0.780. The van der Waals surface area contributed by atoms with E-state index in [2.05, 4.69) is 0 Å². The van der Waals surface area contributed by atoms with E-state index < -0.39 is 0 Å². The maximum Gasteiger partial charge on any atom is 0.246 e. The summed E-state index contributed by atoms with van der Waals surface area (Å²) < 4.78 is 5.61. The molecule has 1 aromatic carbocycles. The van der Waals surface area contributed by atoms with Crippen molar-refractivity contribution < 1.29 is 9.53 Å². The van der Waals surface area contributed by atoms with Crippen molar-refractivity contribution in [3.8, 4) is 0 Å². The molecule has 1 fully saturated rings. The first-order valence-corrected chi connectivity index (χ1v) is 7.28. The van der Waals surface area contributed by atoms with Crippen molar-refractivity contribution in [1.29, 1.82) is 0 Å². The molecule has 1 aliphatic rings. The number of halogens is 2. The SMILES string of the molecule is CC1CN(C(=O)/C=C/c2cc(Cl)cc(Cl)c2)CC(C)O1. The zero-order valence-electron chi connectivity index (χ0n) is 11.5. The van der Waals surface area contributed by atoms with Crippen LogP contribution in [-0.4, -0.2) is 36.1 Å². The maximum atomic E-state index is 12.1. The Morgan fingerprint density at radius 3 is 2.30 bits per heavy atom. The summed E-state index contributed by atoms with van der Waals surface area (Å²) in [6.45, 7) is 5.17. The molecular weight excluding hydrogens is 297 g/mol. The third-order valence-electron chi connectivity index (χ3n) is 3.03. The van der Waals surface area contributed by atoms with Crippen LogP contribution in [0.1, 0.15) is 19.4 Å². The third-order valence-corrected chi connectivity index (χ3v) is 3.47. The van der Waals surface area contributed by atoms with Gasteiger partial charge in [0.25, 0.3) is 0 Å². The lowest BCUT2D eigenvalue weighted by molar-refractivity contribution is -0.137. The number of morpholine rings is 1. The number of rotatable bonds is 2. The van der Waals surface area contributed by atoms with E-state index in [9.17, 15) is 4.79 Å². The van der Waals surface area contributed by atoms with Crippen molar-refractivity contribution in [2.45, 2.75) is 26.1 Å². The maximum absolute atomic E-state index is 12.1. The van der Waals surface area contributed by atoms with Gasteiger partial charge in [0, 0.05) is 29.2 Å². The van der Waals surface area contributed by atoms with Crippen LogP contribution in [0, 0.1) is 0 Å². The van der Waals surface area contributed by atoms with Crippen LogP contribution < -0.4 is 0 Å². The first-order chi connectivity index (χ1) is 9.44. The number of amides is 1. The molecule has 1 aliphatic heterocycles. The molecule has 1 saturated heterocycles. The Bertz CT molecular complexity index is 500. The molecule has 2 rings (SSSR count). The monoisotopic (exact) mass is 313 g/mol. The van der Waals surface area contributed by atoms with Gasteiger partial charge in [-0.15, -0.1) is 0 Å². The molecule has 2 unspecified atom stereocenters. The molecule has 0 N–H and O–H groups in total. The van der Waals surface area contributed by atoms with Crippen molar-refractivity contribution in [3.05, 3.63) is 39.9 Å². The van der Waals surface area contributed by atoms with Crippen molar-refractivity contribution in [3.63, 3.8) is 0 Å². The smallest absolute Gasteiger partial charge is 0.246 e. The van der Waals surface area contributed by atoms with Gasteiger partial charge in [-0.25, -0.2) is 0 Å².